The van der Waals surface area contributed by atoms with Crippen LogP contribution in [0.4, 0.5) is 5.69 Å². The van der Waals surface area contributed by atoms with Crippen LogP contribution in [-0.4, -0.2) is 27.1 Å². The summed E-state index contributed by atoms with van der Waals surface area (Å²) in [5, 5.41) is 3.70. The highest BCUT2D eigenvalue weighted by molar-refractivity contribution is 7.92. The molecule has 5 nitrogen and oxygen atoms in total. The summed E-state index contributed by atoms with van der Waals surface area (Å²) in [6.07, 6.45) is 2.43. The molecule has 1 amide bonds. The molecule has 0 fully saturated rings. The van der Waals surface area contributed by atoms with Crippen molar-refractivity contribution in [1.82, 2.24) is 5.32 Å². The summed E-state index contributed by atoms with van der Waals surface area (Å²) in [5.41, 5.74) is 2.53. The molecule has 0 aliphatic heterocycles. The Bertz CT molecular complexity index is 947. The van der Waals surface area contributed by atoms with E-state index in [1.807, 2.05) is 38.1 Å². The molecule has 0 radical (unpaired) electrons. The maximum absolute atomic E-state index is 12.4. The molecular weight excluding hydrogens is 431 g/mol. The number of hydrogen-bond acceptors (Lipinski definition) is 3. The fraction of sp³-hybridized carbons (Fsp3) is 0.381. The lowest BCUT2D eigenvalue weighted by molar-refractivity contribution is -0.121. The Kier molecular flexibility index (Phi) is 8.37. The van der Waals surface area contributed by atoms with Crippen LogP contribution >= 0.6 is 23.2 Å². The van der Waals surface area contributed by atoms with Gasteiger partial charge in [0.2, 0.25) is 15.9 Å². The van der Waals surface area contributed by atoms with Gasteiger partial charge in [-0.25, -0.2) is 8.42 Å². The lowest BCUT2D eigenvalue weighted by Gasteiger charge is -2.24. The minimum absolute atomic E-state index is 0.0727. The summed E-state index contributed by atoms with van der Waals surface area (Å²) >= 11 is 12.2. The van der Waals surface area contributed by atoms with Crippen molar-refractivity contribution in [1.29, 1.82) is 0 Å². The van der Waals surface area contributed by atoms with E-state index < -0.39 is 10.0 Å². The first-order valence-electron chi connectivity index (χ1n) is 9.40. The normalized spacial score (nSPS) is 12.4. The fourth-order valence-corrected chi connectivity index (χ4v) is 4.42. The van der Waals surface area contributed by atoms with Gasteiger partial charge in [-0.1, -0.05) is 60.0 Å². The summed E-state index contributed by atoms with van der Waals surface area (Å²) in [7, 11) is -3.57. The van der Waals surface area contributed by atoms with E-state index in [2.05, 4.69) is 5.32 Å². The Hall–Kier alpha value is -1.76. The Morgan fingerprint density at radius 1 is 1.14 bits per heavy atom. The van der Waals surface area contributed by atoms with Crippen LogP contribution in [0.25, 0.3) is 0 Å². The summed E-state index contributed by atoms with van der Waals surface area (Å²) in [5.74, 6) is -0.122. The Morgan fingerprint density at radius 2 is 1.79 bits per heavy atom. The van der Waals surface area contributed by atoms with E-state index >= 15 is 0 Å². The predicted octanol–water partition coefficient (Wildman–Crippen LogP) is 5.12. The molecule has 2 aromatic rings. The van der Waals surface area contributed by atoms with Crippen LogP contribution in [0.2, 0.25) is 10.0 Å². The third-order valence-electron chi connectivity index (χ3n) is 4.57. The van der Waals surface area contributed by atoms with Crippen molar-refractivity contribution in [3.05, 3.63) is 63.6 Å². The largest absolute Gasteiger partial charge is 0.349 e. The molecule has 0 saturated heterocycles. The quantitative estimate of drug-likeness (QED) is 0.569. The third kappa shape index (κ3) is 6.91. The maximum atomic E-state index is 12.4. The van der Waals surface area contributed by atoms with Crippen LogP contribution in [0.1, 0.15) is 43.4 Å². The molecular formula is C21H26Cl2N2O3S. The zero-order valence-corrected chi connectivity index (χ0v) is 19.1. The number of benzene rings is 2. The number of hydrogen-bond donors (Lipinski definition) is 1. The number of amides is 1. The minimum atomic E-state index is -3.57. The standard InChI is InChI=1S/C21H26Cl2N2O3S/c1-4-19(16-9-7-15(2)8-10-16)24-21(26)6-5-13-25(29(3,27)28)20-14-17(22)11-12-18(20)23/h7-12,14,19H,4-6,13H2,1-3H3,(H,24,26)/t19-/m1/s1. The molecule has 0 aromatic heterocycles. The second-order valence-electron chi connectivity index (χ2n) is 6.97. The van der Waals surface area contributed by atoms with E-state index in [0.717, 1.165) is 23.8 Å². The average Bonchev–Trinajstić information content (AvgIpc) is 2.65. The van der Waals surface area contributed by atoms with E-state index in [1.165, 1.54) is 10.4 Å². The van der Waals surface area contributed by atoms with Gasteiger partial charge in [0.15, 0.2) is 0 Å². The number of anilines is 1. The number of carbonyl (C=O) groups excluding carboxylic acids is 1. The number of nitrogens with one attached hydrogen (secondary N) is 1. The van der Waals surface area contributed by atoms with Crippen molar-refractivity contribution in [2.75, 3.05) is 17.1 Å². The average molecular weight is 457 g/mol. The topological polar surface area (TPSA) is 66.5 Å². The monoisotopic (exact) mass is 456 g/mol. The Balaban J connectivity index is 2.00. The van der Waals surface area contributed by atoms with Gasteiger partial charge in [0.05, 0.1) is 23.0 Å². The van der Waals surface area contributed by atoms with Crippen LogP contribution in [0.3, 0.4) is 0 Å². The number of sulfonamides is 1. The van der Waals surface area contributed by atoms with Crippen LogP contribution < -0.4 is 9.62 Å². The summed E-state index contributed by atoms with van der Waals surface area (Å²) in [6.45, 7) is 4.16. The van der Waals surface area contributed by atoms with Gasteiger partial charge in [-0.2, -0.15) is 0 Å². The van der Waals surface area contributed by atoms with Crippen molar-refractivity contribution in [3.63, 3.8) is 0 Å². The number of nitrogens with zero attached hydrogens (tertiary/aromatic N) is 1. The molecule has 0 saturated carbocycles. The molecule has 29 heavy (non-hydrogen) atoms. The van der Waals surface area contributed by atoms with Gasteiger partial charge in [0, 0.05) is 18.0 Å². The van der Waals surface area contributed by atoms with Crippen LogP contribution in [-0.2, 0) is 14.8 Å². The molecule has 0 spiro atoms. The zero-order chi connectivity index (χ0) is 21.6. The van der Waals surface area contributed by atoms with E-state index in [-0.39, 0.29) is 29.9 Å². The predicted molar refractivity (Wildman–Crippen MR) is 120 cm³/mol. The van der Waals surface area contributed by atoms with E-state index in [1.54, 1.807) is 12.1 Å². The van der Waals surface area contributed by atoms with Gasteiger partial charge in [0.1, 0.15) is 0 Å². The minimum Gasteiger partial charge on any atom is -0.349 e. The number of carbonyl (C=O) groups is 1. The highest BCUT2D eigenvalue weighted by Gasteiger charge is 2.21. The second kappa shape index (κ2) is 10.3. The molecule has 2 aromatic carbocycles. The molecule has 0 aliphatic rings. The SMILES string of the molecule is CC[C@@H](NC(=O)CCCN(c1cc(Cl)ccc1Cl)S(C)(=O)=O)c1ccc(C)cc1. The van der Waals surface area contributed by atoms with Gasteiger partial charge in [-0.15, -0.1) is 0 Å². The smallest absolute Gasteiger partial charge is 0.232 e. The third-order valence-corrected chi connectivity index (χ3v) is 6.30. The van der Waals surface area contributed by atoms with Crippen molar-refractivity contribution < 1.29 is 13.2 Å². The highest BCUT2D eigenvalue weighted by atomic mass is 35.5. The molecule has 0 aliphatic carbocycles. The van der Waals surface area contributed by atoms with E-state index in [9.17, 15) is 13.2 Å². The van der Waals surface area contributed by atoms with Crippen molar-refractivity contribution >= 4 is 44.8 Å². The first-order valence-corrected chi connectivity index (χ1v) is 12.0. The number of aryl methyl sites for hydroxylation is 1. The van der Waals surface area contributed by atoms with Crippen LogP contribution in [0, 0.1) is 6.92 Å². The van der Waals surface area contributed by atoms with E-state index in [0.29, 0.717) is 17.1 Å². The molecule has 0 heterocycles. The molecule has 2 rings (SSSR count). The molecule has 8 heteroatoms. The highest BCUT2D eigenvalue weighted by Crippen LogP contribution is 2.31. The summed E-state index contributed by atoms with van der Waals surface area (Å²) in [4.78, 5) is 12.4. The maximum Gasteiger partial charge on any atom is 0.232 e. The Labute approximate surface area is 183 Å². The number of rotatable bonds is 9. The Morgan fingerprint density at radius 3 is 2.38 bits per heavy atom. The first-order chi connectivity index (χ1) is 13.6. The van der Waals surface area contributed by atoms with Crippen LogP contribution in [0.5, 0.6) is 0 Å². The molecule has 1 atom stereocenters. The molecule has 0 unspecified atom stereocenters. The fourth-order valence-electron chi connectivity index (χ4n) is 3.01. The van der Waals surface area contributed by atoms with Gasteiger partial charge in [-0.05, 0) is 43.5 Å². The van der Waals surface area contributed by atoms with Gasteiger partial charge in [0.25, 0.3) is 0 Å². The van der Waals surface area contributed by atoms with Crippen molar-refractivity contribution in [3.8, 4) is 0 Å². The lowest BCUT2D eigenvalue weighted by Crippen LogP contribution is -2.33. The second-order valence-corrected chi connectivity index (χ2v) is 9.72. The molecule has 0 bridgehead atoms. The lowest BCUT2D eigenvalue weighted by atomic mass is 10.0. The van der Waals surface area contributed by atoms with Crippen molar-refractivity contribution in [2.45, 2.75) is 39.2 Å². The van der Waals surface area contributed by atoms with Crippen LogP contribution in [0.15, 0.2) is 42.5 Å². The summed E-state index contributed by atoms with van der Waals surface area (Å²) < 4.78 is 25.6. The molecule has 1 N–H and O–H groups in total. The van der Waals surface area contributed by atoms with Gasteiger partial charge >= 0.3 is 0 Å². The van der Waals surface area contributed by atoms with E-state index in [4.69, 9.17) is 23.2 Å². The van der Waals surface area contributed by atoms with Gasteiger partial charge < -0.3 is 5.32 Å². The van der Waals surface area contributed by atoms with Gasteiger partial charge in [-0.3, -0.25) is 9.10 Å². The van der Waals surface area contributed by atoms with Crippen molar-refractivity contribution in [2.24, 2.45) is 0 Å². The first kappa shape index (κ1) is 23.5. The molecule has 158 valence electrons. The number of halogens is 2. The summed E-state index contributed by atoms with van der Waals surface area (Å²) in [6, 6.07) is 12.6. The zero-order valence-electron chi connectivity index (χ0n) is 16.8.